The van der Waals surface area contributed by atoms with Crippen LogP contribution in [0.3, 0.4) is 0 Å². The van der Waals surface area contributed by atoms with Crippen LogP contribution < -0.4 is 9.47 Å². The number of nitrogens with zero attached hydrogens (tertiary/aromatic N) is 5. The quantitative estimate of drug-likeness (QED) is 0.671. The van der Waals surface area contributed by atoms with Crippen molar-refractivity contribution in [2.45, 2.75) is 25.2 Å². The number of alkyl halides is 2. The van der Waals surface area contributed by atoms with E-state index in [2.05, 4.69) is 15.1 Å². The summed E-state index contributed by atoms with van der Waals surface area (Å²) in [5.41, 5.74) is 0.759. The van der Waals surface area contributed by atoms with Crippen molar-refractivity contribution in [1.82, 2.24) is 24.5 Å². The summed E-state index contributed by atoms with van der Waals surface area (Å²) in [6.45, 7) is 1.13. The Morgan fingerprint density at radius 3 is 2.93 bits per heavy atom. The van der Waals surface area contributed by atoms with Crippen molar-refractivity contribution in [3.8, 4) is 11.5 Å². The molecular weight excluding hydrogens is 384 g/mol. The lowest BCUT2D eigenvalue weighted by Gasteiger charge is -2.32. The molecule has 29 heavy (non-hydrogen) atoms. The van der Waals surface area contributed by atoms with Crippen LogP contribution in [0.25, 0.3) is 5.78 Å². The van der Waals surface area contributed by atoms with E-state index in [-0.39, 0.29) is 30.1 Å². The highest BCUT2D eigenvalue weighted by Gasteiger charge is 2.29. The Kier molecular flexibility index (Phi) is 4.26. The first-order chi connectivity index (χ1) is 14.1. The monoisotopic (exact) mass is 401 g/mol. The first kappa shape index (κ1) is 17.8. The molecule has 0 spiro atoms. The number of aromatic nitrogens is 4. The van der Waals surface area contributed by atoms with Crippen LogP contribution in [0.15, 0.2) is 30.6 Å². The molecule has 4 heterocycles. The van der Waals surface area contributed by atoms with Gasteiger partial charge in [0.05, 0.1) is 5.69 Å². The molecule has 1 saturated heterocycles. The highest BCUT2D eigenvalue weighted by molar-refractivity contribution is 5.95. The molecule has 0 N–H and O–H groups in total. The number of fused-ring (bicyclic) bond motifs is 2. The largest absolute Gasteiger partial charge is 0.454 e. The molecule has 2 aliphatic heterocycles. The van der Waals surface area contributed by atoms with Crippen molar-refractivity contribution in [2.24, 2.45) is 0 Å². The number of ether oxygens (including phenoxy) is 2. The molecule has 1 aromatic carbocycles. The number of rotatable bonds is 3. The van der Waals surface area contributed by atoms with Crippen LogP contribution in [0.4, 0.5) is 8.78 Å². The number of carbonyl (C=O) groups is 1. The van der Waals surface area contributed by atoms with Crippen LogP contribution in [0, 0.1) is 0 Å². The van der Waals surface area contributed by atoms with Crippen LogP contribution in [-0.2, 0) is 0 Å². The van der Waals surface area contributed by atoms with E-state index in [0.29, 0.717) is 35.8 Å². The van der Waals surface area contributed by atoms with E-state index in [1.54, 1.807) is 23.1 Å². The summed E-state index contributed by atoms with van der Waals surface area (Å²) in [4.78, 5) is 23.1. The highest BCUT2D eigenvalue weighted by atomic mass is 19.3. The average Bonchev–Trinajstić information content (AvgIpc) is 3.40. The molecule has 0 radical (unpaired) electrons. The molecule has 150 valence electrons. The summed E-state index contributed by atoms with van der Waals surface area (Å²) in [5, 5.41) is 3.81. The van der Waals surface area contributed by atoms with Gasteiger partial charge in [-0.25, -0.2) is 13.8 Å². The van der Waals surface area contributed by atoms with Crippen molar-refractivity contribution in [2.75, 3.05) is 19.9 Å². The predicted molar refractivity (Wildman–Crippen MR) is 96.2 cm³/mol. The minimum absolute atomic E-state index is 0.134. The van der Waals surface area contributed by atoms with Gasteiger partial charge in [-0.05, 0) is 37.1 Å². The van der Waals surface area contributed by atoms with E-state index in [4.69, 9.17) is 9.47 Å². The fraction of sp³-hybridized carbons (Fsp3) is 0.368. The van der Waals surface area contributed by atoms with Crippen molar-refractivity contribution >= 4 is 11.7 Å². The maximum Gasteiger partial charge on any atom is 0.280 e. The molecule has 1 unspecified atom stereocenters. The fourth-order valence-electron chi connectivity index (χ4n) is 3.83. The van der Waals surface area contributed by atoms with E-state index in [9.17, 15) is 13.6 Å². The van der Waals surface area contributed by atoms with Crippen molar-refractivity contribution < 1.29 is 23.0 Å². The van der Waals surface area contributed by atoms with Gasteiger partial charge in [-0.15, -0.1) is 0 Å². The Balaban J connectivity index is 1.41. The summed E-state index contributed by atoms with van der Waals surface area (Å²) in [6, 6.07) is 6.46. The van der Waals surface area contributed by atoms with Crippen molar-refractivity contribution in [3.63, 3.8) is 0 Å². The van der Waals surface area contributed by atoms with Gasteiger partial charge in [0.1, 0.15) is 12.0 Å². The van der Waals surface area contributed by atoms with Crippen LogP contribution in [0.5, 0.6) is 11.5 Å². The van der Waals surface area contributed by atoms with Gasteiger partial charge in [0.2, 0.25) is 6.79 Å². The molecule has 3 aromatic rings. The second-order valence-corrected chi connectivity index (χ2v) is 7.04. The lowest BCUT2D eigenvalue weighted by Crippen LogP contribution is -2.39. The van der Waals surface area contributed by atoms with Gasteiger partial charge in [0, 0.05) is 24.6 Å². The minimum atomic E-state index is -2.70. The van der Waals surface area contributed by atoms with E-state index in [1.807, 2.05) is 0 Å². The number of likely N-dealkylation sites (tertiary alicyclic amines) is 1. The molecule has 2 aromatic heterocycles. The lowest BCUT2D eigenvalue weighted by atomic mass is 9.93. The molecule has 0 aliphatic carbocycles. The Hall–Kier alpha value is -3.30. The van der Waals surface area contributed by atoms with E-state index < -0.39 is 6.43 Å². The number of benzene rings is 1. The van der Waals surface area contributed by atoms with Gasteiger partial charge < -0.3 is 14.4 Å². The lowest BCUT2D eigenvalue weighted by molar-refractivity contribution is 0.0705. The maximum absolute atomic E-state index is 13.5. The molecule has 5 rings (SSSR count). The number of hydrogen-bond acceptors (Lipinski definition) is 6. The molecule has 8 nitrogen and oxygen atoms in total. The smallest absolute Gasteiger partial charge is 0.280 e. The SMILES string of the molecule is O=C(c1ccc2c(c1)OCO2)N1CCCC(c2cc(C(F)F)n3ncnc3n2)C1. The maximum atomic E-state index is 13.5. The number of carbonyl (C=O) groups excluding carboxylic acids is 1. The molecular formula is C19H17F2N5O3. The summed E-state index contributed by atoms with van der Waals surface area (Å²) >= 11 is 0. The zero-order valence-electron chi connectivity index (χ0n) is 15.3. The normalized spacial score (nSPS) is 18.6. The van der Waals surface area contributed by atoms with Gasteiger partial charge in [0.25, 0.3) is 18.1 Å². The van der Waals surface area contributed by atoms with Crippen LogP contribution >= 0.6 is 0 Å². The molecule has 1 fully saturated rings. The zero-order valence-corrected chi connectivity index (χ0v) is 15.3. The number of hydrogen-bond donors (Lipinski definition) is 0. The topological polar surface area (TPSA) is 81.9 Å². The highest BCUT2D eigenvalue weighted by Crippen LogP contribution is 2.34. The Labute approximate surface area is 164 Å². The van der Waals surface area contributed by atoms with E-state index in [1.165, 1.54) is 12.4 Å². The standard InChI is InChI=1S/C19H17F2N5O3/c20-17(21)14-7-13(24-19-22-9-23-26(14)19)12-2-1-5-25(8-12)18(27)11-3-4-15-16(6-11)29-10-28-15/h3-4,6-7,9,12,17H,1-2,5,8,10H2. The Morgan fingerprint density at radius 2 is 2.07 bits per heavy atom. The molecule has 0 saturated carbocycles. The Morgan fingerprint density at radius 1 is 1.21 bits per heavy atom. The molecule has 1 atom stereocenters. The van der Waals surface area contributed by atoms with Crippen molar-refractivity contribution in [3.05, 3.63) is 47.5 Å². The third-order valence-corrected chi connectivity index (χ3v) is 5.27. The molecule has 1 amide bonds. The molecule has 10 heteroatoms. The average molecular weight is 401 g/mol. The predicted octanol–water partition coefficient (Wildman–Crippen LogP) is 2.81. The summed E-state index contributed by atoms with van der Waals surface area (Å²) < 4.78 is 38.6. The first-order valence-corrected chi connectivity index (χ1v) is 9.28. The third kappa shape index (κ3) is 3.14. The number of halogens is 2. The summed E-state index contributed by atoms with van der Waals surface area (Å²) in [5.74, 6) is 1.01. The van der Waals surface area contributed by atoms with Gasteiger partial charge in [0.15, 0.2) is 11.5 Å². The van der Waals surface area contributed by atoms with E-state index >= 15 is 0 Å². The number of amides is 1. The second-order valence-electron chi connectivity index (χ2n) is 7.04. The summed E-state index contributed by atoms with van der Waals surface area (Å²) in [7, 11) is 0. The van der Waals surface area contributed by atoms with Gasteiger partial charge in [-0.2, -0.15) is 14.6 Å². The van der Waals surface area contributed by atoms with Gasteiger partial charge in [-0.1, -0.05) is 0 Å². The van der Waals surface area contributed by atoms with Gasteiger partial charge in [-0.3, -0.25) is 4.79 Å². The minimum Gasteiger partial charge on any atom is -0.454 e. The third-order valence-electron chi connectivity index (χ3n) is 5.27. The second kappa shape index (κ2) is 6.94. The van der Waals surface area contributed by atoms with Crippen molar-refractivity contribution in [1.29, 1.82) is 0 Å². The van der Waals surface area contributed by atoms with Crippen LogP contribution in [0.2, 0.25) is 0 Å². The fourth-order valence-corrected chi connectivity index (χ4v) is 3.83. The van der Waals surface area contributed by atoms with Gasteiger partial charge >= 0.3 is 0 Å². The first-order valence-electron chi connectivity index (χ1n) is 9.28. The zero-order chi connectivity index (χ0) is 20.0. The number of piperidine rings is 1. The Bertz CT molecular complexity index is 1090. The van der Waals surface area contributed by atoms with Crippen LogP contribution in [-0.4, -0.2) is 50.3 Å². The van der Waals surface area contributed by atoms with E-state index in [0.717, 1.165) is 17.4 Å². The summed E-state index contributed by atoms with van der Waals surface area (Å²) in [6.07, 6.45) is 0.0138. The molecule has 2 aliphatic rings. The van der Waals surface area contributed by atoms with Crippen LogP contribution in [0.1, 0.15) is 46.9 Å². The molecule has 0 bridgehead atoms.